The number of ether oxygens (including phenoxy) is 1. The average Bonchev–Trinajstić information content (AvgIpc) is 2.84. The number of hydrogen-bond donors (Lipinski definition) is 0. The first-order valence-electron chi connectivity index (χ1n) is 3.78. The molecular weight excluding hydrogens is 263 g/mol. The molecule has 0 spiro atoms. The zero-order valence-electron chi connectivity index (χ0n) is 6.81. The van der Waals surface area contributed by atoms with Gasteiger partial charge in [-0.3, -0.25) is 0 Å². The van der Waals surface area contributed by atoms with Crippen LogP contribution in [0.4, 0.5) is 13.2 Å². The lowest BCUT2D eigenvalue weighted by Crippen LogP contribution is -2.30. The van der Waals surface area contributed by atoms with Crippen LogP contribution in [-0.2, 0) is 10.3 Å². The van der Waals surface area contributed by atoms with Crippen LogP contribution in [0.15, 0.2) is 22.9 Å². The standard InChI is InChI=1S/C8H5BrF3NO/c9-6-2-1-5(3-13-6)7(4-14-7)8(10,11)12/h1-3H,4H2. The lowest BCUT2D eigenvalue weighted by Gasteiger charge is -2.15. The zero-order chi connectivity index (χ0) is 10.4. The topological polar surface area (TPSA) is 25.4 Å². The smallest absolute Gasteiger partial charge is 0.355 e. The fourth-order valence-electron chi connectivity index (χ4n) is 1.18. The van der Waals surface area contributed by atoms with Crippen LogP contribution >= 0.6 is 15.9 Å². The highest BCUT2D eigenvalue weighted by molar-refractivity contribution is 9.10. The second-order valence-electron chi connectivity index (χ2n) is 2.98. The van der Waals surface area contributed by atoms with Crippen molar-refractivity contribution in [3.63, 3.8) is 0 Å². The number of pyridine rings is 1. The van der Waals surface area contributed by atoms with Crippen LogP contribution in [0.5, 0.6) is 0 Å². The molecule has 1 atom stereocenters. The number of aromatic nitrogens is 1. The van der Waals surface area contributed by atoms with Crippen LogP contribution in [0, 0.1) is 0 Å². The summed E-state index contributed by atoms with van der Waals surface area (Å²) >= 11 is 3.05. The lowest BCUT2D eigenvalue weighted by molar-refractivity contribution is -0.187. The van der Waals surface area contributed by atoms with Crippen molar-refractivity contribution in [1.82, 2.24) is 4.98 Å². The van der Waals surface area contributed by atoms with E-state index >= 15 is 0 Å². The molecule has 1 saturated heterocycles. The van der Waals surface area contributed by atoms with Crippen LogP contribution in [0.25, 0.3) is 0 Å². The lowest BCUT2D eigenvalue weighted by atomic mass is 10.0. The number of rotatable bonds is 1. The van der Waals surface area contributed by atoms with E-state index in [4.69, 9.17) is 0 Å². The second-order valence-corrected chi connectivity index (χ2v) is 3.80. The minimum Gasteiger partial charge on any atom is -0.355 e. The van der Waals surface area contributed by atoms with E-state index in [2.05, 4.69) is 25.7 Å². The third-order valence-corrected chi connectivity index (χ3v) is 2.55. The Hall–Kier alpha value is -0.620. The van der Waals surface area contributed by atoms with Crippen LogP contribution in [0.2, 0.25) is 0 Å². The predicted octanol–water partition coefficient (Wildman–Crippen LogP) is 2.63. The minimum atomic E-state index is -4.37. The summed E-state index contributed by atoms with van der Waals surface area (Å²) in [6, 6.07) is 2.82. The van der Waals surface area contributed by atoms with E-state index in [-0.39, 0.29) is 12.2 Å². The fraction of sp³-hybridized carbons (Fsp3) is 0.375. The maximum Gasteiger partial charge on any atom is 0.424 e. The van der Waals surface area contributed by atoms with Gasteiger partial charge in [0.15, 0.2) is 0 Å². The molecule has 14 heavy (non-hydrogen) atoms. The Bertz CT molecular complexity index is 345. The molecule has 1 aromatic heterocycles. The molecule has 0 amide bonds. The highest BCUT2D eigenvalue weighted by Gasteiger charge is 2.67. The molecule has 1 aromatic rings. The third kappa shape index (κ3) is 1.42. The minimum absolute atomic E-state index is 0.0493. The van der Waals surface area contributed by atoms with Crippen LogP contribution in [-0.4, -0.2) is 17.8 Å². The van der Waals surface area contributed by atoms with E-state index in [1.54, 1.807) is 0 Å². The fourth-order valence-corrected chi connectivity index (χ4v) is 1.42. The molecule has 2 nitrogen and oxygen atoms in total. The molecule has 2 rings (SSSR count). The second kappa shape index (κ2) is 2.93. The summed E-state index contributed by atoms with van der Waals surface area (Å²) < 4.78 is 42.6. The molecule has 0 aliphatic carbocycles. The van der Waals surface area contributed by atoms with Crippen molar-refractivity contribution in [2.24, 2.45) is 0 Å². The molecule has 6 heteroatoms. The Labute approximate surface area is 86.2 Å². The van der Waals surface area contributed by atoms with Gasteiger partial charge in [0.25, 0.3) is 0 Å². The van der Waals surface area contributed by atoms with Gasteiger partial charge in [-0.2, -0.15) is 13.2 Å². The summed E-state index contributed by atoms with van der Waals surface area (Å²) in [6.07, 6.45) is -3.20. The SMILES string of the molecule is FC(F)(F)C1(c2ccc(Br)nc2)CO1. The highest BCUT2D eigenvalue weighted by atomic mass is 79.9. The molecule has 1 aliphatic heterocycles. The molecule has 0 radical (unpaired) electrons. The van der Waals surface area contributed by atoms with Gasteiger partial charge in [0.2, 0.25) is 5.60 Å². The molecule has 0 bridgehead atoms. The van der Waals surface area contributed by atoms with Crippen molar-refractivity contribution in [1.29, 1.82) is 0 Å². The Morgan fingerprint density at radius 1 is 1.43 bits per heavy atom. The first-order chi connectivity index (χ1) is 6.46. The van der Waals surface area contributed by atoms with Gasteiger partial charge in [-0.15, -0.1) is 0 Å². The summed E-state index contributed by atoms with van der Waals surface area (Å²) in [5.74, 6) is 0. The van der Waals surface area contributed by atoms with E-state index in [1.165, 1.54) is 18.3 Å². The third-order valence-electron chi connectivity index (χ3n) is 2.08. The van der Waals surface area contributed by atoms with E-state index < -0.39 is 11.8 Å². The first kappa shape index (κ1) is 9.92. The molecule has 0 aromatic carbocycles. The number of nitrogens with zero attached hydrogens (tertiary/aromatic N) is 1. The Balaban J connectivity index is 2.36. The van der Waals surface area contributed by atoms with Crippen LogP contribution in [0.1, 0.15) is 5.56 Å². The Kier molecular flexibility index (Phi) is 2.08. The van der Waals surface area contributed by atoms with E-state index in [1.807, 2.05) is 0 Å². The van der Waals surface area contributed by atoms with Crippen LogP contribution in [0.3, 0.4) is 0 Å². The van der Waals surface area contributed by atoms with E-state index in [0.29, 0.717) is 4.60 Å². The predicted molar refractivity (Wildman–Crippen MR) is 45.6 cm³/mol. The van der Waals surface area contributed by atoms with Gasteiger partial charge < -0.3 is 4.74 Å². The summed E-state index contributed by atoms with van der Waals surface area (Å²) in [6.45, 7) is -0.320. The normalized spacial score (nSPS) is 26.3. The summed E-state index contributed by atoms with van der Waals surface area (Å²) in [5.41, 5.74) is -2.06. The van der Waals surface area contributed by atoms with Gasteiger partial charge in [0.1, 0.15) is 4.60 Å². The summed E-state index contributed by atoms with van der Waals surface area (Å²) in [4.78, 5) is 3.74. The molecule has 1 fully saturated rings. The molecule has 76 valence electrons. The van der Waals surface area contributed by atoms with Gasteiger partial charge in [0, 0.05) is 11.8 Å². The van der Waals surface area contributed by atoms with Crippen molar-refractivity contribution >= 4 is 15.9 Å². The maximum atomic E-state index is 12.5. The van der Waals surface area contributed by atoms with Crippen molar-refractivity contribution in [2.75, 3.05) is 6.61 Å². The molecule has 2 heterocycles. The van der Waals surface area contributed by atoms with Gasteiger partial charge in [-0.1, -0.05) is 6.07 Å². The van der Waals surface area contributed by atoms with Gasteiger partial charge in [0.05, 0.1) is 6.61 Å². The highest BCUT2D eigenvalue weighted by Crippen LogP contribution is 2.51. The monoisotopic (exact) mass is 267 g/mol. The zero-order valence-corrected chi connectivity index (χ0v) is 8.39. The molecular formula is C8H5BrF3NO. The quantitative estimate of drug-likeness (QED) is 0.578. The number of halogens is 4. The Morgan fingerprint density at radius 2 is 2.07 bits per heavy atom. The van der Waals surface area contributed by atoms with Crippen molar-refractivity contribution in [3.05, 3.63) is 28.5 Å². The summed E-state index contributed by atoms with van der Waals surface area (Å²) in [5, 5.41) is 0. The van der Waals surface area contributed by atoms with E-state index in [0.717, 1.165) is 0 Å². The van der Waals surface area contributed by atoms with Gasteiger partial charge in [-0.25, -0.2) is 4.98 Å². The summed E-state index contributed by atoms with van der Waals surface area (Å²) in [7, 11) is 0. The maximum absolute atomic E-state index is 12.5. The van der Waals surface area contributed by atoms with Crippen molar-refractivity contribution < 1.29 is 17.9 Å². The van der Waals surface area contributed by atoms with Gasteiger partial charge in [-0.05, 0) is 22.0 Å². The van der Waals surface area contributed by atoms with Crippen molar-refractivity contribution in [3.8, 4) is 0 Å². The Morgan fingerprint density at radius 3 is 2.43 bits per heavy atom. The number of epoxide rings is 1. The number of hydrogen-bond acceptors (Lipinski definition) is 2. The van der Waals surface area contributed by atoms with Gasteiger partial charge >= 0.3 is 6.18 Å². The number of alkyl halides is 3. The molecule has 1 aliphatic rings. The van der Waals surface area contributed by atoms with Crippen molar-refractivity contribution in [2.45, 2.75) is 11.8 Å². The molecule has 1 unspecified atom stereocenters. The van der Waals surface area contributed by atoms with E-state index in [9.17, 15) is 13.2 Å². The first-order valence-corrected chi connectivity index (χ1v) is 4.58. The average molecular weight is 268 g/mol. The van der Waals surface area contributed by atoms with Crippen LogP contribution < -0.4 is 0 Å². The molecule has 0 saturated carbocycles. The molecule has 0 N–H and O–H groups in total. The largest absolute Gasteiger partial charge is 0.424 e.